The number of rotatable bonds is 14. The number of Topliss-reactive ketones (excluding diaryl/α,β-unsaturated/α-hetero) is 1. The summed E-state index contributed by atoms with van der Waals surface area (Å²) in [7, 11) is 0. The van der Waals surface area contributed by atoms with E-state index in [1.807, 2.05) is 45.0 Å². The molecule has 2 N–H and O–H groups in total. The number of phenolic OH excluding ortho intramolecular Hbond substituents is 1. The quantitative estimate of drug-likeness (QED) is 0.309. The van der Waals surface area contributed by atoms with Crippen LogP contribution in [0.2, 0.25) is 0 Å². The number of carboxylic acid groups (broad SMARTS) is 1. The summed E-state index contributed by atoms with van der Waals surface area (Å²) in [6.45, 7) is 7.84. The molecule has 0 radical (unpaired) electrons. The number of phenols is 1. The Labute approximate surface area is 195 Å². The van der Waals surface area contributed by atoms with Crippen molar-refractivity contribution >= 4 is 11.8 Å². The lowest BCUT2D eigenvalue weighted by atomic mass is 10.0. The van der Waals surface area contributed by atoms with E-state index in [-0.39, 0.29) is 24.1 Å². The molecule has 0 amide bonds. The number of aliphatic carboxylic acids is 1. The normalized spacial score (nSPS) is 11.9. The van der Waals surface area contributed by atoms with Gasteiger partial charge in [0.1, 0.15) is 17.2 Å². The van der Waals surface area contributed by atoms with E-state index in [1.165, 1.54) is 6.92 Å². The molecular weight excluding hydrogens is 424 g/mol. The van der Waals surface area contributed by atoms with Gasteiger partial charge in [-0.1, -0.05) is 25.5 Å². The molecule has 0 aliphatic rings. The lowest BCUT2D eigenvalue weighted by Gasteiger charge is -2.17. The van der Waals surface area contributed by atoms with Crippen molar-refractivity contribution in [2.24, 2.45) is 0 Å². The number of hydrogen-bond acceptors (Lipinski definition) is 6. The number of hydrogen-bond donors (Lipinski definition) is 2. The van der Waals surface area contributed by atoms with Crippen LogP contribution in [-0.4, -0.2) is 47.4 Å². The van der Waals surface area contributed by atoms with Gasteiger partial charge in [-0.15, -0.1) is 0 Å². The Morgan fingerprint density at radius 2 is 1.79 bits per heavy atom. The van der Waals surface area contributed by atoms with Gasteiger partial charge >= 0.3 is 5.97 Å². The van der Waals surface area contributed by atoms with E-state index in [4.69, 9.17) is 14.2 Å². The van der Waals surface area contributed by atoms with Gasteiger partial charge in [-0.05, 0) is 57.0 Å². The van der Waals surface area contributed by atoms with E-state index < -0.39 is 12.1 Å². The minimum absolute atomic E-state index is 0.00368. The Morgan fingerprint density at radius 3 is 2.42 bits per heavy atom. The summed E-state index contributed by atoms with van der Waals surface area (Å²) in [4.78, 5) is 23.1. The maximum atomic E-state index is 11.7. The molecular formula is C26H34O7. The van der Waals surface area contributed by atoms with Gasteiger partial charge in [-0.2, -0.15) is 0 Å². The molecule has 0 aliphatic carbocycles. The zero-order chi connectivity index (χ0) is 24.4. The van der Waals surface area contributed by atoms with Crippen molar-refractivity contribution in [3.8, 4) is 17.2 Å². The maximum Gasteiger partial charge on any atom is 0.333 e. The molecule has 2 aromatic rings. The molecule has 7 nitrogen and oxygen atoms in total. The molecule has 33 heavy (non-hydrogen) atoms. The topological polar surface area (TPSA) is 102 Å². The zero-order valence-electron chi connectivity index (χ0n) is 19.8. The van der Waals surface area contributed by atoms with Crippen LogP contribution in [-0.2, 0) is 22.4 Å². The lowest BCUT2D eigenvalue weighted by Crippen LogP contribution is -2.29. The van der Waals surface area contributed by atoms with Crippen LogP contribution < -0.4 is 9.47 Å². The summed E-state index contributed by atoms with van der Waals surface area (Å²) < 4.78 is 17.1. The second kappa shape index (κ2) is 12.8. The molecule has 0 heterocycles. The second-order valence-electron chi connectivity index (χ2n) is 8.16. The Hall–Kier alpha value is -3.06. The monoisotopic (exact) mass is 458 g/mol. The number of ketones is 1. The molecule has 180 valence electrons. The first kappa shape index (κ1) is 26.2. The largest absolute Gasteiger partial charge is 0.507 e. The highest BCUT2D eigenvalue weighted by atomic mass is 16.5. The summed E-state index contributed by atoms with van der Waals surface area (Å²) in [5.74, 6) is 0.0491. The first-order valence-corrected chi connectivity index (χ1v) is 11.3. The predicted octanol–water partition coefficient (Wildman–Crippen LogP) is 4.82. The fourth-order valence-electron chi connectivity index (χ4n) is 3.46. The van der Waals surface area contributed by atoms with E-state index >= 15 is 0 Å². The van der Waals surface area contributed by atoms with Gasteiger partial charge in [0.25, 0.3) is 0 Å². The number of ether oxygens (including phenoxy) is 3. The number of carbonyl (C=O) groups excluding carboxylic acids is 1. The minimum Gasteiger partial charge on any atom is -0.507 e. The van der Waals surface area contributed by atoms with Crippen molar-refractivity contribution in [1.82, 2.24) is 0 Å². The highest BCUT2D eigenvalue weighted by molar-refractivity contribution is 5.97. The van der Waals surface area contributed by atoms with Crippen molar-refractivity contribution in [2.45, 2.75) is 65.6 Å². The van der Waals surface area contributed by atoms with Gasteiger partial charge in [0.15, 0.2) is 11.9 Å². The van der Waals surface area contributed by atoms with Crippen LogP contribution in [0.25, 0.3) is 0 Å². The van der Waals surface area contributed by atoms with Crippen LogP contribution in [0.5, 0.6) is 17.2 Å². The van der Waals surface area contributed by atoms with Gasteiger partial charge in [-0.25, -0.2) is 4.79 Å². The third-order valence-electron chi connectivity index (χ3n) is 4.97. The molecule has 0 spiro atoms. The number of carboxylic acids is 1. The van der Waals surface area contributed by atoms with E-state index in [2.05, 4.69) is 0 Å². The highest BCUT2D eigenvalue weighted by Gasteiger charge is 2.20. The van der Waals surface area contributed by atoms with E-state index in [0.29, 0.717) is 48.7 Å². The first-order valence-electron chi connectivity index (χ1n) is 11.3. The summed E-state index contributed by atoms with van der Waals surface area (Å²) in [6, 6.07) is 10.6. The summed E-state index contributed by atoms with van der Waals surface area (Å²) in [5, 5.41) is 19.8. The molecule has 0 aromatic heterocycles. The minimum atomic E-state index is -0.989. The molecule has 0 bridgehead atoms. The van der Waals surface area contributed by atoms with E-state index in [9.17, 15) is 19.8 Å². The van der Waals surface area contributed by atoms with Crippen molar-refractivity contribution in [3.63, 3.8) is 0 Å². The maximum absolute atomic E-state index is 11.7. The van der Waals surface area contributed by atoms with Crippen molar-refractivity contribution in [3.05, 3.63) is 53.1 Å². The van der Waals surface area contributed by atoms with Crippen LogP contribution in [0.15, 0.2) is 36.4 Å². The van der Waals surface area contributed by atoms with E-state index in [1.54, 1.807) is 12.1 Å². The predicted molar refractivity (Wildman–Crippen MR) is 126 cm³/mol. The van der Waals surface area contributed by atoms with Crippen molar-refractivity contribution in [2.75, 3.05) is 13.2 Å². The van der Waals surface area contributed by atoms with Crippen molar-refractivity contribution < 1.29 is 34.0 Å². The fraction of sp³-hybridized carbons (Fsp3) is 0.462. The number of carbonyl (C=O) groups is 2. The molecule has 7 heteroatoms. The summed E-state index contributed by atoms with van der Waals surface area (Å²) >= 11 is 0. The molecule has 1 atom stereocenters. The summed E-state index contributed by atoms with van der Waals surface area (Å²) in [5.41, 5.74) is 1.77. The average Bonchev–Trinajstić information content (AvgIpc) is 2.75. The number of benzene rings is 2. The van der Waals surface area contributed by atoms with E-state index in [0.717, 1.165) is 12.0 Å². The fourth-order valence-corrected chi connectivity index (χ4v) is 3.46. The van der Waals surface area contributed by atoms with Gasteiger partial charge < -0.3 is 24.4 Å². The lowest BCUT2D eigenvalue weighted by molar-refractivity contribution is -0.153. The van der Waals surface area contributed by atoms with Gasteiger partial charge in [-0.3, -0.25) is 4.79 Å². The first-order chi connectivity index (χ1) is 15.7. The smallest absolute Gasteiger partial charge is 0.333 e. The molecule has 0 aliphatic heterocycles. The van der Waals surface area contributed by atoms with Crippen LogP contribution in [0, 0.1) is 0 Å². The van der Waals surface area contributed by atoms with Crippen molar-refractivity contribution in [1.29, 1.82) is 0 Å². The Morgan fingerprint density at radius 1 is 1.06 bits per heavy atom. The Balaban J connectivity index is 1.89. The average molecular weight is 459 g/mol. The van der Waals surface area contributed by atoms with Crippen LogP contribution >= 0.6 is 0 Å². The Bertz CT molecular complexity index is 936. The van der Waals surface area contributed by atoms with Gasteiger partial charge in [0, 0.05) is 18.4 Å². The molecule has 2 aromatic carbocycles. The molecule has 0 saturated heterocycles. The standard InChI is InChI=1S/C26H34O7/c1-5-8-22-23(12-11-21(18(4)27)25(22)28)32-14-7-13-31-20-10-6-9-19(15-20)16-24(26(29)30)33-17(2)3/h6,9-12,15,17,24,28H,5,7-8,13-14,16H2,1-4H3,(H,29,30). The molecule has 1 unspecified atom stereocenters. The molecule has 2 rings (SSSR count). The summed E-state index contributed by atoms with van der Waals surface area (Å²) in [6.07, 6.45) is 1.22. The molecule has 0 fully saturated rings. The molecule has 0 saturated carbocycles. The van der Waals surface area contributed by atoms with Crippen LogP contribution in [0.4, 0.5) is 0 Å². The zero-order valence-corrected chi connectivity index (χ0v) is 19.8. The SMILES string of the molecule is CCCc1c(OCCCOc2cccc(CC(OC(C)C)C(=O)O)c2)ccc(C(C)=O)c1O. The van der Waals surface area contributed by atoms with Crippen LogP contribution in [0.3, 0.4) is 0 Å². The van der Waals surface area contributed by atoms with Crippen LogP contribution in [0.1, 0.15) is 62.0 Å². The van der Waals surface area contributed by atoms with Gasteiger partial charge in [0.2, 0.25) is 0 Å². The van der Waals surface area contributed by atoms with Gasteiger partial charge in [0.05, 0.1) is 24.9 Å². The third-order valence-corrected chi connectivity index (χ3v) is 4.97. The highest BCUT2D eigenvalue weighted by Crippen LogP contribution is 2.33. The third kappa shape index (κ3) is 8.09. The number of aromatic hydroxyl groups is 1. The second-order valence-corrected chi connectivity index (χ2v) is 8.16. The Kier molecular flexibility index (Phi) is 10.2.